The summed E-state index contributed by atoms with van der Waals surface area (Å²) in [5.74, 6) is 0.317. The van der Waals surface area contributed by atoms with Gasteiger partial charge in [-0.1, -0.05) is 32.4 Å². The SMILES string of the molecule is CC(C)(C)C1=CCN(S(=O)(=O)c2ccc(N)nc2)CC1. The number of aromatic nitrogens is 1. The van der Waals surface area contributed by atoms with Gasteiger partial charge in [-0.15, -0.1) is 0 Å². The van der Waals surface area contributed by atoms with E-state index in [0.29, 0.717) is 18.9 Å². The first kappa shape index (κ1) is 15.0. The van der Waals surface area contributed by atoms with Crippen LogP contribution in [0.1, 0.15) is 27.2 Å². The molecule has 0 fully saturated rings. The summed E-state index contributed by atoms with van der Waals surface area (Å²) in [4.78, 5) is 4.04. The first-order valence-electron chi connectivity index (χ1n) is 6.62. The molecule has 2 N–H and O–H groups in total. The molecule has 1 aromatic heterocycles. The summed E-state index contributed by atoms with van der Waals surface area (Å²) in [5.41, 5.74) is 6.89. The highest BCUT2D eigenvalue weighted by Crippen LogP contribution is 2.31. The summed E-state index contributed by atoms with van der Waals surface area (Å²) in [6.07, 6.45) is 4.10. The second-order valence-corrected chi connectivity index (χ2v) is 7.95. The Morgan fingerprint density at radius 1 is 1.30 bits per heavy atom. The van der Waals surface area contributed by atoms with Gasteiger partial charge in [0.1, 0.15) is 10.7 Å². The molecule has 0 saturated carbocycles. The van der Waals surface area contributed by atoms with Crippen LogP contribution in [0.5, 0.6) is 0 Å². The van der Waals surface area contributed by atoms with E-state index in [0.717, 1.165) is 6.42 Å². The number of pyridine rings is 1. The molecule has 1 aliphatic rings. The number of anilines is 1. The monoisotopic (exact) mass is 295 g/mol. The van der Waals surface area contributed by atoms with Crippen molar-refractivity contribution in [1.29, 1.82) is 0 Å². The fourth-order valence-electron chi connectivity index (χ4n) is 2.24. The van der Waals surface area contributed by atoms with Gasteiger partial charge in [0.2, 0.25) is 10.0 Å². The molecule has 0 spiro atoms. The number of nitrogens with two attached hydrogens (primary N) is 1. The molecule has 0 radical (unpaired) electrons. The van der Waals surface area contributed by atoms with E-state index in [2.05, 4.69) is 25.8 Å². The third-order valence-corrected chi connectivity index (χ3v) is 5.38. The molecule has 0 unspecified atom stereocenters. The minimum Gasteiger partial charge on any atom is -0.384 e. The van der Waals surface area contributed by atoms with Crippen LogP contribution in [0, 0.1) is 5.41 Å². The second kappa shape index (κ2) is 5.18. The highest BCUT2D eigenvalue weighted by molar-refractivity contribution is 7.89. The Bertz CT molecular complexity index is 613. The predicted molar refractivity (Wildman–Crippen MR) is 79.6 cm³/mol. The topological polar surface area (TPSA) is 76.3 Å². The fraction of sp³-hybridized carbons (Fsp3) is 0.500. The number of sulfonamides is 1. The molecule has 2 rings (SSSR count). The number of rotatable bonds is 2. The maximum Gasteiger partial charge on any atom is 0.244 e. The molecule has 0 bridgehead atoms. The molecule has 1 aliphatic heterocycles. The van der Waals surface area contributed by atoms with Crippen molar-refractivity contribution >= 4 is 15.8 Å². The summed E-state index contributed by atoms with van der Waals surface area (Å²) >= 11 is 0. The quantitative estimate of drug-likeness (QED) is 0.847. The highest BCUT2D eigenvalue weighted by atomic mass is 32.2. The molecule has 6 heteroatoms. The molecule has 20 heavy (non-hydrogen) atoms. The molecule has 0 aromatic carbocycles. The van der Waals surface area contributed by atoms with Crippen molar-refractivity contribution in [2.24, 2.45) is 5.41 Å². The van der Waals surface area contributed by atoms with Gasteiger partial charge in [-0.2, -0.15) is 4.31 Å². The molecule has 110 valence electrons. The number of nitrogen functional groups attached to an aromatic ring is 1. The van der Waals surface area contributed by atoms with Crippen molar-refractivity contribution in [2.75, 3.05) is 18.8 Å². The third kappa shape index (κ3) is 3.02. The molecule has 0 amide bonds. The molecule has 1 aromatic rings. The zero-order valence-corrected chi connectivity index (χ0v) is 12.9. The first-order chi connectivity index (χ1) is 9.21. The lowest BCUT2D eigenvalue weighted by molar-refractivity contribution is 0.389. The van der Waals surface area contributed by atoms with E-state index in [-0.39, 0.29) is 10.3 Å². The second-order valence-electron chi connectivity index (χ2n) is 6.01. The van der Waals surface area contributed by atoms with Crippen molar-refractivity contribution in [3.05, 3.63) is 30.0 Å². The van der Waals surface area contributed by atoms with Gasteiger partial charge in [0.25, 0.3) is 0 Å². The maximum absolute atomic E-state index is 12.5. The standard InChI is InChI=1S/C14H21N3O2S/c1-14(2,3)11-6-8-17(9-7-11)20(18,19)12-4-5-13(15)16-10-12/h4-6,10H,7-9H2,1-3H3,(H2,15,16). The van der Waals surface area contributed by atoms with Crippen LogP contribution in [0.15, 0.2) is 34.9 Å². The Hall–Kier alpha value is -1.40. The van der Waals surface area contributed by atoms with Gasteiger partial charge in [-0.25, -0.2) is 13.4 Å². The molecule has 0 saturated heterocycles. The van der Waals surface area contributed by atoms with Gasteiger partial charge in [-0.3, -0.25) is 0 Å². The Morgan fingerprint density at radius 3 is 2.45 bits per heavy atom. The van der Waals surface area contributed by atoms with Gasteiger partial charge in [0, 0.05) is 19.3 Å². The highest BCUT2D eigenvalue weighted by Gasteiger charge is 2.29. The smallest absolute Gasteiger partial charge is 0.244 e. The lowest BCUT2D eigenvalue weighted by Crippen LogP contribution is -2.36. The lowest BCUT2D eigenvalue weighted by Gasteiger charge is -2.31. The molecule has 0 aliphatic carbocycles. The van der Waals surface area contributed by atoms with Crippen LogP contribution in [0.4, 0.5) is 5.82 Å². The van der Waals surface area contributed by atoms with Crippen LogP contribution >= 0.6 is 0 Å². The number of nitrogens with zero attached hydrogens (tertiary/aromatic N) is 2. The van der Waals surface area contributed by atoms with Gasteiger partial charge in [-0.05, 0) is 24.0 Å². The van der Waals surface area contributed by atoms with E-state index in [1.165, 1.54) is 28.2 Å². The van der Waals surface area contributed by atoms with Crippen LogP contribution in [0.25, 0.3) is 0 Å². The lowest BCUT2D eigenvalue weighted by atomic mass is 9.83. The van der Waals surface area contributed by atoms with Crippen LogP contribution in [-0.4, -0.2) is 30.8 Å². The minimum atomic E-state index is -3.48. The Balaban J connectivity index is 2.21. The van der Waals surface area contributed by atoms with Crippen molar-refractivity contribution in [3.8, 4) is 0 Å². The molecular weight excluding hydrogens is 274 g/mol. The summed E-state index contributed by atoms with van der Waals surface area (Å²) in [5, 5.41) is 0. The van der Waals surface area contributed by atoms with Gasteiger partial charge >= 0.3 is 0 Å². The Kier molecular flexibility index (Phi) is 3.88. The number of hydrogen-bond donors (Lipinski definition) is 1. The Labute approximate surface area is 120 Å². The van der Waals surface area contributed by atoms with Crippen LogP contribution in [-0.2, 0) is 10.0 Å². The van der Waals surface area contributed by atoms with E-state index >= 15 is 0 Å². The van der Waals surface area contributed by atoms with Crippen molar-refractivity contribution < 1.29 is 8.42 Å². The normalized spacial score (nSPS) is 17.9. The Morgan fingerprint density at radius 2 is 2.00 bits per heavy atom. The van der Waals surface area contributed by atoms with Crippen molar-refractivity contribution in [2.45, 2.75) is 32.1 Å². The van der Waals surface area contributed by atoms with Gasteiger partial charge in [0.05, 0.1) is 0 Å². The molecule has 2 heterocycles. The fourth-order valence-corrected chi connectivity index (χ4v) is 3.57. The summed E-state index contributed by atoms with van der Waals surface area (Å²) < 4.78 is 26.4. The van der Waals surface area contributed by atoms with E-state index < -0.39 is 10.0 Å². The van der Waals surface area contributed by atoms with Crippen LogP contribution in [0.3, 0.4) is 0 Å². The van der Waals surface area contributed by atoms with Crippen LogP contribution < -0.4 is 5.73 Å². The zero-order valence-electron chi connectivity index (χ0n) is 12.1. The van der Waals surface area contributed by atoms with E-state index in [1.807, 2.05) is 6.08 Å². The molecular formula is C14H21N3O2S. The van der Waals surface area contributed by atoms with E-state index in [9.17, 15) is 8.42 Å². The summed E-state index contributed by atoms with van der Waals surface area (Å²) in [7, 11) is -3.48. The maximum atomic E-state index is 12.5. The van der Waals surface area contributed by atoms with Crippen molar-refractivity contribution in [1.82, 2.24) is 9.29 Å². The predicted octanol–water partition coefficient (Wildman–Crippen LogP) is 2.03. The largest absolute Gasteiger partial charge is 0.384 e. The first-order valence-corrected chi connectivity index (χ1v) is 8.06. The van der Waals surface area contributed by atoms with Crippen LogP contribution in [0.2, 0.25) is 0 Å². The average molecular weight is 295 g/mol. The summed E-state index contributed by atoms with van der Waals surface area (Å²) in [6.45, 7) is 7.36. The van der Waals surface area contributed by atoms with Gasteiger partial charge < -0.3 is 5.73 Å². The zero-order chi connectivity index (χ0) is 15.0. The third-order valence-electron chi connectivity index (χ3n) is 3.53. The van der Waals surface area contributed by atoms with E-state index in [1.54, 1.807) is 0 Å². The molecule has 0 atom stereocenters. The number of hydrogen-bond acceptors (Lipinski definition) is 4. The molecule has 5 nitrogen and oxygen atoms in total. The summed E-state index contributed by atoms with van der Waals surface area (Å²) in [6, 6.07) is 3.01. The van der Waals surface area contributed by atoms with Gasteiger partial charge in [0.15, 0.2) is 0 Å². The van der Waals surface area contributed by atoms with Crippen molar-refractivity contribution in [3.63, 3.8) is 0 Å². The van der Waals surface area contributed by atoms with E-state index in [4.69, 9.17) is 5.73 Å². The minimum absolute atomic E-state index is 0.0958. The average Bonchev–Trinajstić information content (AvgIpc) is 2.38.